The summed E-state index contributed by atoms with van der Waals surface area (Å²) in [7, 11) is 0. The number of rotatable bonds is 14. The molecule has 0 aromatic heterocycles. The molecular formula is C44H70FN7O5S. The Labute approximate surface area is 350 Å². The number of nitrogens with one attached hydrogen (secondary N) is 4. The Kier molecular flexibility index (Phi) is 12.4. The van der Waals surface area contributed by atoms with E-state index in [-0.39, 0.29) is 58.3 Å². The summed E-state index contributed by atoms with van der Waals surface area (Å²) in [4.78, 5) is 76.0. The fourth-order valence-corrected chi connectivity index (χ4v) is 13.0. The lowest BCUT2D eigenvalue weighted by atomic mass is 9.73. The van der Waals surface area contributed by atoms with Crippen molar-refractivity contribution in [3.63, 3.8) is 0 Å². The summed E-state index contributed by atoms with van der Waals surface area (Å²) >= 11 is 1.29. The minimum atomic E-state index is -1.13. The molecule has 4 saturated carbocycles. The maximum absolute atomic E-state index is 15.3. The summed E-state index contributed by atoms with van der Waals surface area (Å²) in [6.07, 6.45) is 15.0. The van der Waals surface area contributed by atoms with Crippen molar-refractivity contribution in [2.75, 3.05) is 39.4 Å². The summed E-state index contributed by atoms with van der Waals surface area (Å²) < 4.78 is 18.6. The summed E-state index contributed by atoms with van der Waals surface area (Å²) in [6.45, 7) is 16.8. The number of carbonyl (C=O) groups is 5. The largest absolute Gasteiger partial charge is 0.343 e. The second-order valence-corrected chi connectivity index (χ2v) is 21.3. The van der Waals surface area contributed by atoms with Gasteiger partial charge >= 0.3 is 0 Å². The van der Waals surface area contributed by atoms with E-state index in [2.05, 4.69) is 45.4 Å². The van der Waals surface area contributed by atoms with Crippen LogP contribution in [0.2, 0.25) is 0 Å². The number of hydrogen-bond acceptors (Lipinski definition) is 8. The number of fused-ring (bicyclic) bond motifs is 1. The first-order valence-corrected chi connectivity index (χ1v) is 23.2. The highest BCUT2D eigenvalue weighted by molar-refractivity contribution is 7.95. The van der Waals surface area contributed by atoms with Gasteiger partial charge in [-0.15, -0.1) is 6.58 Å². The van der Waals surface area contributed by atoms with E-state index in [1.54, 1.807) is 11.0 Å². The zero-order valence-corrected chi connectivity index (χ0v) is 36.6. The van der Waals surface area contributed by atoms with Crippen LogP contribution in [0.4, 0.5) is 4.39 Å². The van der Waals surface area contributed by atoms with E-state index in [4.69, 9.17) is 0 Å². The van der Waals surface area contributed by atoms with Crippen molar-refractivity contribution >= 4 is 41.7 Å². The van der Waals surface area contributed by atoms with Crippen LogP contribution in [0.5, 0.6) is 0 Å². The van der Waals surface area contributed by atoms with Gasteiger partial charge in [0.15, 0.2) is 0 Å². The molecule has 7 aliphatic rings. The van der Waals surface area contributed by atoms with Gasteiger partial charge in [-0.3, -0.25) is 33.6 Å². The zero-order valence-electron chi connectivity index (χ0n) is 35.8. The number of hydrogen-bond donors (Lipinski definition) is 4. The molecule has 5 amide bonds. The SMILES string of the molecule is C=CC1CC1(NC(=O)C1CC2(CN1C(=O)C(NC(=O)C(NC(=O)C1CCCCN1CCF)C1CCCCC1)C(C)(C)C)C(C)(C)C21CCC1)C(=O)NSN1CCCC1. The summed E-state index contributed by atoms with van der Waals surface area (Å²) in [5, 5.41) is 9.44. The monoisotopic (exact) mass is 828 g/mol. The fourth-order valence-electron chi connectivity index (χ4n) is 12.2. The van der Waals surface area contributed by atoms with Crippen molar-refractivity contribution in [2.45, 2.75) is 161 Å². The molecule has 7 unspecified atom stereocenters. The third-order valence-electron chi connectivity index (χ3n) is 16.2. The van der Waals surface area contributed by atoms with Crippen LogP contribution in [0.15, 0.2) is 12.7 Å². The number of nitrogens with zero attached hydrogens (tertiary/aromatic N) is 3. The average molecular weight is 828 g/mol. The van der Waals surface area contributed by atoms with Crippen LogP contribution in [0, 0.1) is 33.5 Å². The topological polar surface area (TPSA) is 143 Å². The maximum Gasteiger partial charge on any atom is 0.257 e. The molecule has 14 heteroatoms. The lowest BCUT2D eigenvalue weighted by Gasteiger charge is -2.39. The second-order valence-electron chi connectivity index (χ2n) is 20.4. The van der Waals surface area contributed by atoms with Crippen molar-refractivity contribution in [1.29, 1.82) is 0 Å². The van der Waals surface area contributed by atoms with Crippen LogP contribution in [0.25, 0.3) is 0 Å². The lowest BCUT2D eigenvalue weighted by Crippen LogP contribution is -2.63. The Morgan fingerprint density at radius 2 is 1.52 bits per heavy atom. The normalized spacial score (nSPS) is 32.9. The molecular weight excluding hydrogens is 758 g/mol. The molecule has 12 nitrogen and oxygen atoms in total. The van der Waals surface area contributed by atoms with E-state index in [0.717, 1.165) is 90.1 Å². The molecule has 4 N–H and O–H groups in total. The third-order valence-corrected chi connectivity index (χ3v) is 17.1. The fraction of sp³-hybridized carbons (Fsp3) is 0.841. The number of halogens is 1. The average Bonchev–Trinajstić information content (AvgIpc) is 3.66. The van der Waals surface area contributed by atoms with Gasteiger partial charge in [0.25, 0.3) is 5.91 Å². The van der Waals surface area contributed by atoms with Crippen molar-refractivity contribution in [1.82, 2.24) is 34.8 Å². The molecule has 7 fully saturated rings. The first kappa shape index (κ1) is 43.4. The smallest absolute Gasteiger partial charge is 0.257 e. The van der Waals surface area contributed by atoms with Gasteiger partial charge in [-0.05, 0) is 92.9 Å². The number of piperidine rings is 1. The van der Waals surface area contributed by atoms with E-state index in [9.17, 15) is 23.6 Å². The van der Waals surface area contributed by atoms with Crippen LogP contribution < -0.4 is 20.7 Å². The van der Waals surface area contributed by atoms with Crippen LogP contribution in [0.3, 0.4) is 0 Å². The Balaban J connectivity index is 1.13. The van der Waals surface area contributed by atoms with Gasteiger partial charge in [0.1, 0.15) is 30.3 Å². The number of amides is 5. The maximum atomic E-state index is 15.3. The molecule has 0 aromatic rings. The summed E-state index contributed by atoms with van der Waals surface area (Å²) in [5.41, 5.74) is -2.16. The number of alkyl halides is 1. The molecule has 58 heavy (non-hydrogen) atoms. The molecule has 7 rings (SSSR count). The highest BCUT2D eigenvalue weighted by atomic mass is 32.2. The Morgan fingerprint density at radius 3 is 2.10 bits per heavy atom. The van der Waals surface area contributed by atoms with E-state index in [1.165, 1.54) is 12.1 Å². The van der Waals surface area contributed by atoms with Crippen LogP contribution in [-0.4, -0.2) is 113 Å². The molecule has 0 aromatic carbocycles. The van der Waals surface area contributed by atoms with E-state index < -0.39 is 47.7 Å². The first-order valence-electron chi connectivity index (χ1n) is 22.4. The molecule has 2 spiro atoms. The molecule has 7 atom stereocenters. The van der Waals surface area contributed by atoms with Crippen LogP contribution >= 0.6 is 12.1 Å². The Morgan fingerprint density at radius 1 is 0.845 bits per heavy atom. The van der Waals surface area contributed by atoms with Gasteiger partial charge in [-0.25, -0.2) is 8.70 Å². The minimum absolute atomic E-state index is 0.0458. The zero-order chi connectivity index (χ0) is 41.7. The highest BCUT2D eigenvalue weighted by Gasteiger charge is 2.85. The molecule has 324 valence electrons. The van der Waals surface area contributed by atoms with Gasteiger partial charge < -0.3 is 20.9 Å². The van der Waals surface area contributed by atoms with Gasteiger partial charge in [-0.2, -0.15) is 0 Å². The summed E-state index contributed by atoms with van der Waals surface area (Å²) in [6, 6.07) is -3.15. The van der Waals surface area contributed by atoms with Crippen molar-refractivity contribution in [2.24, 2.45) is 33.5 Å². The minimum Gasteiger partial charge on any atom is -0.343 e. The van der Waals surface area contributed by atoms with Crippen molar-refractivity contribution in [3.05, 3.63) is 12.7 Å². The Bertz CT molecular complexity index is 1600. The lowest BCUT2D eigenvalue weighted by molar-refractivity contribution is -0.145. The second kappa shape index (κ2) is 16.6. The predicted octanol–water partition coefficient (Wildman–Crippen LogP) is 5.04. The quantitative estimate of drug-likeness (QED) is 0.141. The van der Waals surface area contributed by atoms with Gasteiger partial charge in [-0.1, -0.05) is 72.8 Å². The predicted molar refractivity (Wildman–Crippen MR) is 223 cm³/mol. The highest BCUT2D eigenvalue weighted by Crippen LogP contribution is 2.88. The van der Waals surface area contributed by atoms with Crippen LogP contribution in [-0.2, 0) is 24.0 Å². The van der Waals surface area contributed by atoms with Gasteiger partial charge in [0.05, 0.1) is 6.04 Å². The molecule has 3 saturated heterocycles. The van der Waals surface area contributed by atoms with Crippen molar-refractivity contribution in [3.8, 4) is 0 Å². The van der Waals surface area contributed by atoms with Crippen molar-refractivity contribution < 1.29 is 28.4 Å². The molecule has 0 radical (unpaired) electrons. The standard InChI is InChI=1S/C44H70FN7O5S/c1-7-30-26-44(30,39(57)49-58-51-23-13-14-24-51)48-36(54)32-27-43(41(5,6)42(43)19-15-20-42)28-52(32)38(56)34(40(2,3)4)47-37(55)33(29-16-9-8-10-17-29)46-35(53)31-18-11-12-22-50(31)25-21-45/h7,29-34H,1,8-28H2,2-6H3,(H,46,53)(H,47,55)(H,48,54)(H,49,57). The van der Waals surface area contributed by atoms with Crippen LogP contribution in [0.1, 0.15) is 131 Å². The first-order chi connectivity index (χ1) is 27.6. The molecule has 0 bridgehead atoms. The molecule has 3 heterocycles. The molecule has 4 aliphatic carbocycles. The Hall–Kier alpha value is -2.71. The summed E-state index contributed by atoms with van der Waals surface area (Å²) in [5.74, 6) is -1.88. The number of likely N-dealkylation sites (tertiary alicyclic amines) is 2. The van der Waals surface area contributed by atoms with Gasteiger partial charge in [0, 0.05) is 49.6 Å². The number of carbonyl (C=O) groups excluding carboxylic acids is 5. The third kappa shape index (κ3) is 7.62. The van der Waals surface area contributed by atoms with E-state index >= 15 is 4.79 Å². The molecule has 3 aliphatic heterocycles. The van der Waals surface area contributed by atoms with E-state index in [1.807, 2.05) is 25.7 Å². The van der Waals surface area contributed by atoms with E-state index in [0.29, 0.717) is 32.4 Å². The van der Waals surface area contributed by atoms with Gasteiger partial charge in [0.2, 0.25) is 23.6 Å².